The minimum atomic E-state index is -5.31. The first kappa shape index (κ1) is 15.1. The third-order valence-electron chi connectivity index (χ3n) is 3.07. The molecule has 0 bridgehead atoms. The zero-order valence-electron chi connectivity index (χ0n) is 9.66. The molecule has 106 valence electrons. The first-order chi connectivity index (χ1) is 7.89. The molecule has 0 radical (unpaired) electrons. The quantitative estimate of drug-likeness (QED) is 0.551. The summed E-state index contributed by atoms with van der Waals surface area (Å²) >= 11 is 0. The molecule has 0 aromatic carbocycles. The largest absolute Gasteiger partial charge is 0.490 e. The fourth-order valence-corrected chi connectivity index (χ4v) is 1.58. The van der Waals surface area contributed by atoms with E-state index in [1.807, 2.05) is 0 Å². The third kappa shape index (κ3) is 2.57. The molecule has 1 aliphatic rings. The molecule has 0 spiro atoms. The van der Waals surface area contributed by atoms with Gasteiger partial charge in [0, 0.05) is 6.54 Å². The molecule has 2 N–H and O–H groups in total. The lowest BCUT2D eigenvalue weighted by Crippen LogP contribution is -2.66. The zero-order chi connectivity index (χ0) is 14.4. The van der Waals surface area contributed by atoms with Crippen LogP contribution in [0.1, 0.15) is 20.3 Å². The third-order valence-corrected chi connectivity index (χ3v) is 3.07. The van der Waals surface area contributed by atoms with E-state index < -0.39 is 29.6 Å². The molecule has 0 aromatic rings. The number of carbonyl (C=O) groups excluding carboxylic acids is 1. The summed E-state index contributed by atoms with van der Waals surface area (Å²) in [5, 5.41) is 19.1. The van der Waals surface area contributed by atoms with E-state index >= 15 is 0 Å². The second kappa shape index (κ2) is 4.32. The van der Waals surface area contributed by atoms with Gasteiger partial charge in [0.15, 0.2) is 5.67 Å². The summed E-state index contributed by atoms with van der Waals surface area (Å²) in [7, 11) is 0. The minimum Gasteiger partial charge on any atom is -0.434 e. The number of hydroxylamine groups is 2. The van der Waals surface area contributed by atoms with Crippen molar-refractivity contribution in [2.24, 2.45) is 0 Å². The Morgan fingerprint density at radius 1 is 1.44 bits per heavy atom. The molecule has 5 nitrogen and oxygen atoms in total. The van der Waals surface area contributed by atoms with Crippen LogP contribution in [0.5, 0.6) is 0 Å². The normalized spacial score (nSPS) is 38.6. The number of hydrogen-bond donors (Lipinski definition) is 2. The van der Waals surface area contributed by atoms with Crippen molar-refractivity contribution < 1.29 is 37.4 Å². The topological polar surface area (TPSA) is 70.0 Å². The molecule has 0 amide bonds. The lowest BCUT2D eigenvalue weighted by Gasteiger charge is -2.47. The highest BCUT2D eigenvalue weighted by Crippen LogP contribution is 2.39. The number of aliphatic hydroxyl groups is 1. The second-order valence-corrected chi connectivity index (χ2v) is 4.52. The molecule has 1 rings (SSSR count). The number of piperidine rings is 1. The van der Waals surface area contributed by atoms with Gasteiger partial charge >= 0.3 is 12.1 Å². The van der Waals surface area contributed by atoms with Crippen molar-refractivity contribution in [3.8, 4) is 0 Å². The van der Waals surface area contributed by atoms with Gasteiger partial charge < -0.3 is 15.1 Å². The van der Waals surface area contributed by atoms with Crippen LogP contribution in [0.4, 0.5) is 17.6 Å². The van der Waals surface area contributed by atoms with Crippen LogP contribution in [0.15, 0.2) is 0 Å². The first-order valence-electron chi connectivity index (χ1n) is 5.04. The highest BCUT2D eigenvalue weighted by atomic mass is 19.4. The maximum Gasteiger partial charge on any atom is 0.490 e. The minimum absolute atomic E-state index is 0.127. The predicted molar refractivity (Wildman–Crippen MR) is 49.2 cm³/mol. The zero-order valence-corrected chi connectivity index (χ0v) is 9.66. The van der Waals surface area contributed by atoms with E-state index in [0.29, 0.717) is 0 Å². The summed E-state index contributed by atoms with van der Waals surface area (Å²) in [6, 6.07) is 0. The Labute approximate surface area is 99.9 Å². The molecule has 0 aromatic heterocycles. The number of nitrogens with zero attached hydrogens (tertiary/aromatic N) is 1. The van der Waals surface area contributed by atoms with Gasteiger partial charge in [0.05, 0.1) is 0 Å². The number of alkyl halides is 4. The smallest absolute Gasteiger partial charge is 0.434 e. The number of halogens is 4. The molecule has 1 saturated heterocycles. The average molecular weight is 275 g/mol. The van der Waals surface area contributed by atoms with Crippen molar-refractivity contribution in [3.05, 3.63) is 0 Å². The standard InChI is InChI=1S/C9H13F4NO4/c1-7(16)3-4-14(17)5(8(7,2)10)18-6(15)9(11,12)13/h5,16-17H,3-4H2,1-2H3. The Balaban J connectivity index is 2.94. The van der Waals surface area contributed by atoms with Crippen LogP contribution in [-0.4, -0.2) is 51.6 Å². The van der Waals surface area contributed by atoms with Gasteiger partial charge in [0.1, 0.15) is 5.60 Å². The Morgan fingerprint density at radius 2 is 1.94 bits per heavy atom. The van der Waals surface area contributed by atoms with Crippen LogP contribution in [-0.2, 0) is 9.53 Å². The second-order valence-electron chi connectivity index (χ2n) is 4.52. The van der Waals surface area contributed by atoms with Gasteiger partial charge in [-0.15, -0.1) is 5.06 Å². The average Bonchev–Trinajstić information content (AvgIpc) is 2.18. The van der Waals surface area contributed by atoms with Gasteiger partial charge in [-0.1, -0.05) is 0 Å². The predicted octanol–water partition coefficient (Wildman–Crippen LogP) is 0.992. The Bertz CT molecular complexity index is 342. The molecule has 1 fully saturated rings. The van der Waals surface area contributed by atoms with E-state index in [2.05, 4.69) is 4.74 Å². The molecule has 1 heterocycles. The van der Waals surface area contributed by atoms with E-state index in [1.54, 1.807) is 0 Å². The highest BCUT2D eigenvalue weighted by molar-refractivity contribution is 5.75. The summed E-state index contributed by atoms with van der Waals surface area (Å²) in [6.07, 6.45) is -7.76. The van der Waals surface area contributed by atoms with Crippen molar-refractivity contribution >= 4 is 5.97 Å². The van der Waals surface area contributed by atoms with Gasteiger partial charge in [-0.05, 0) is 20.3 Å². The number of carbonyl (C=O) groups is 1. The first-order valence-corrected chi connectivity index (χ1v) is 5.04. The molecular weight excluding hydrogens is 262 g/mol. The fourth-order valence-electron chi connectivity index (χ4n) is 1.58. The molecule has 18 heavy (non-hydrogen) atoms. The summed E-state index contributed by atoms with van der Waals surface area (Å²) in [5.74, 6) is -2.63. The summed E-state index contributed by atoms with van der Waals surface area (Å²) in [4.78, 5) is 10.6. The molecule has 1 aliphatic heterocycles. The van der Waals surface area contributed by atoms with Crippen molar-refractivity contribution in [2.45, 2.75) is 43.9 Å². The van der Waals surface area contributed by atoms with Crippen molar-refractivity contribution in [1.29, 1.82) is 0 Å². The van der Waals surface area contributed by atoms with Crippen LogP contribution in [0.2, 0.25) is 0 Å². The van der Waals surface area contributed by atoms with Crippen LogP contribution < -0.4 is 0 Å². The highest BCUT2D eigenvalue weighted by Gasteiger charge is 2.59. The molecule has 9 heteroatoms. The fraction of sp³-hybridized carbons (Fsp3) is 0.889. The molecule has 3 atom stereocenters. The lowest BCUT2D eigenvalue weighted by molar-refractivity contribution is -0.315. The Kier molecular flexibility index (Phi) is 3.63. The van der Waals surface area contributed by atoms with Crippen LogP contribution in [0, 0.1) is 0 Å². The van der Waals surface area contributed by atoms with E-state index in [4.69, 9.17) is 0 Å². The number of hydrogen-bond acceptors (Lipinski definition) is 5. The Morgan fingerprint density at radius 3 is 2.39 bits per heavy atom. The van der Waals surface area contributed by atoms with Crippen LogP contribution >= 0.6 is 0 Å². The maximum atomic E-state index is 14.2. The molecular formula is C9H13F4NO4. The van der Waals surface area contributed by atoms with Gasteiger partial charge in [-0.3, -0.25) is 0 Å². The summed E-state index contributed by atoms with van der Waals surface area (Å²) in [5.41, 5.74) is -4.77. The number of ether oxygens (including phenoxy) is 1. The van der Waals surface area contributed by atoms with Crippen LogP contribution in [0.25, 0.3) is 0 Å². The maximum absolute atomic E-state index is 14.2. The number of rotatable bonds is 1. The van der Waals surface area contributed by atoms with E-state index in [-0.39, 0.29) is 18.0 Å². The van der Waals surface area contributed by atoms with E-state index in [1.165, 1.54) is 0 Å². The Hall–Kier alpha value is -0.930. The number of esters is 1. The lowest BCUT2D eigenvalue weighted by atomic mass is 9.80. The van der Waals surface area contributed by atoms with Crippen molar-refractivity contribution in [1.82, 2.24) is 5.06 Å². The van der Waals surface area contributed by atoms with Gasteiger partial charge in [0.2, 0.25) is 6.23 Å². The summed E-state index contributed by atoms with van der Waals surface area (Å²) in [6.45, 7) is 1.47. The molecule has 3 unspecified atom stereocenters. The summed E-state index contributed by atoms with van der Waals surface area (Å²) < 4.78 is 54.2. The molecule has 0 aliphatic carbocycles. The van der Waals surface area contributed by atoms with Crippen molar-refractivity contribution in [3.63, 3.8) is 0 Å². The van der Waals surface area contributed by atoms with Gasteiger partial charge in [-0.2, -0.15) is 13.2 Å². The SMILES string of the molecule is CC1(O)CCN(O)C(OC(=O)C(F)(F)F)C1(C)F. The van der Waals surface area contributed by atoms with Gasteiger partial charge in [-0.25, -0.2) is 9.18 Å². The van der Waals surface area contributed by atoms with Gasteiger partial charge in [0.25, 0.3) is 0 Å². The monoisotopic (exact) mass is 275 g/mol. The molecule has 0 saturated carbocycles. The van der Waals surface area contributed by atoms with E-state index in [0.717, 1.165) is 13.8 Å². The van der Waals surface area contributed by atoms with E-state index in [9.17, 15) is 32.7 Å². The van der Waals surface area contributed by atoms with Crippen LogP contribution in [0.3, 0.4) is 0 Å². The van der Waals surface area contributed by atoms with Crippen molar-refractivity contribution in [2.75, 3.05) is 6.54 Å².